The normalized spacial score (nSPS) is 9.61. The molecule has 28 heavy (non-hydrogen) atoms. The first kappa shape index (κ1) is 19.1. The zero-order valence-corrected chi connectivity index (χ0v) is 15.8. The fraction of sp³-hybridized carbons (Fsp3) is 0.0455. The summed E-state index contributed by atoms with van der Waals surface area (Å²) in [4.78, 5) is 15.6. The molecule has 3 rings (SSSR count). The SMILES string of the molecule is Cc1ccc(N=C=NSc2ccccc2)c(C#Cc2ccc([N+](=O)[O-])cc2)c1. The molecule has 0 spiro atoms. The molecule has 0 heterocycles. The van der Waals surface area contributed by atoms with Gasteiger partial charge in [-0.3, -0.25) is 10.1 Å². The number of nitro benzene ring substituents is 1. The average molecular weight is 385 g/mol. The van der Waals surface area contributed by atoms with Gasteiger partial charge in [0.1, 0.15) is 6.01 Å². The first-order chi connectivity index (χ1) is 13.6. The van der Waals surface area contributed by atoms with Crippen LogP contribution in [0.25, 0.3) is 0 Å². The van der Waals surface area contributed by atoms with Crippen LogP contribution in [0.4, 0.5) is 11.4 Å². The second-order valence-corrected chi connectivity index (χ2v) is 6.62. The minimum atomic E-state index is -0.433. The molecule has 0 saturated heterocycles. The van der Waals surface area contributed by atoms with Crippen LogP contribution in [0.15, 0.2) is 87.1 Å². The maximum Gasteiger partial charge on any atom is 0.269 e. The van der Waals surface area contributed by atoms with E-state index in [1.807, 2.05) is 55.5 Å². The molecule has 0 radical (unpaired) electrons. The van der Waals surface area contributed by atoms with Gasteiger partial charge in [-0.2, -0.15) is 4.99 Å². The molecule has 6 heteroatoms. The van der Waals surface area contributed by atoms with Crippen LogP contribution in [0.1, 0.15) is 16.7 Å². The van der Waals surface area contributed by atoms with Crippen LogP contribution < -0.4 is 0 Å². The van der Waals surface area contributed by atoms with Crippen molar-refractivity contribution in [3.05, 3.63) is 99.6 Å². The Morgan fingerprint density at radius 1 is 0.964 bits per heavy atom. The highest BCUT2D eigenvalue weighted by atomic mass is 32.2. The van der Waals surface area contributed by atoms with Gasteiger partial charge in [0.2, 0.25) is 0 Å². The lowest BCUT2D eigenvalue weighted by atomic mass is 10.1. The molecule has 5 nitrogen and oxygen atoms in total. The van der Waals surface area contributed by atoms with Gasteiger partial charge in [0, 0.05) is 34.5 Å². The second-order valence-electron chi connectivity index (χ2n) is 5.78. The lowest BCUT2D eigenvalue weighted by Crippen LogP contribution is -1.87. The van der Waals surface area contributed by atoms with Crippen LogP contribution in [-0.2, 0) is 0 Å². The van der Waals surface area contributed by atoms with Gasteiger partial charge in [0.05, 0.1) is 16.2 Å². The van der Waals surface area contributed by atoms with Gasteiger partial charge in [-0.1, -0.05) is 36.1 Å². The Bertz CT molecular complexity index is 1110. The Morgan fingerprint density at radius 2 is 1.71 bits per heavy atom. The van der Waals surface area contributed by atoms with Crippen molar-refractivity contribution in [2.45, 2.75) is 11.8 Å². The first-order valence-electron chi connectivity index (χ1n) is 8.37. The van der Waals surface area contributed by atoms with Gasteiger partial charge in [-0.25, -0.2) is 0 Å². The molecule has 136 valence electrons. The van der Waals surface area contributed by atoms with E-state index in [0.29, 0.717) is 11.3 Å². The van der Waals surface area contributed by atoms with Crippen LogP contribution >= 0.6 is 11.9 Å². The third kappa shape index (κ3) is 5.42. The lowest BCUT2D eigenvalue weighted by Gasteiger charge is -1.99. The topological polar surface area (TPSA) is 67.9 Å². The molecule has 3 aromatic rings. The number of hydrogen-bond acceptors (Lipinski definition) is 5. The molecule has 0 aliphatic carbocycles. The van der Waals surface area contributed by atoms with Crippen molar-refractivity contribution < 1.29 is 4.92 Å². The molecule has 0 atom stereocenters. The minimum Gasteiger partial charge on any atom is -0.258 e. The minimum absolute atomic E-state index is 0.0403. The highest BCUT2D eigenvalue weighted by Crippen LogP contribution is 2.21. The van der Waals surface area contributed by atoms with E-state index in [2.05, 4.69) is 27.2 Å². The Labute approximate surface area is 167 Å². The van der Waals surface area contributed by atoms with Crippen molar-refractivity contribution in [2.24, 2.45) is 9.39 Å². The number of non-ortho nitro benzene ring substituents is 1. The summed E-state index contributed by atoms with van der Waals surface area (Å²) in [6.45, 7) is 1.98. The number of nitrogens with zero attached hydrogens (tertiary/aromatic N) is 3. The van der Waals surface area contributed by atoms with E-state index in [9.17, 15) is 10.1 Å². The van der Waals surface area contributed by atoms with Crippen molar-refractivity contribution in [3.8, 4) is 11.8 Å². The lowest BCUT2D eigenvalue weighted by molar-refractivity contribution is -0.384. The third-order valence-electron chi connectivity index (χ3n) is 3.68. The largest absolute Gasteiger partial charge is 0.269 e. The number of benzene rings is 3. The summed E-state index contributed by atoms with van der Waals surface area (Å²) in [5, 5.41) is 10.7. The number of rotatable bonds is 4. The number of hydrogen-bond donors (Lipinski definition) is 0. The molecule has 0 bridgehead atoms. The number of aryl methyl sites for hydroxylation is 1. The van der Waals surface area contributed by atoms with Gasteiger partial charge >= 0.3 is 0 Å². The molecule has 3 aromatic carbocycles. The van der Waals surface area contributed by atoms with Gasteiger partial charge in [-0.05, 0) is 48.9 Å². The van der Waals surface area contributed by atoms with E-state index in [0.717, 1.165) is 16.0 Å². The number of aliphatic imine (C=N–C) groups is 1. The smallest absolute Gasteiger partial charge is 0.258 e. The third-order valence-corrected chi connectivity index (χ3v) is 4.33. The molecule has 0 fully saturated rings. The Morgan fingerprint density at radius 3 is 2.43 bits per heavy atom. The van der Waals surface area contributed by atoms with E-state index < -0.39 is 4.92 Å². The molecule has 0 unspecified atom stereocenters. The summed E-state index contributed by atoms with van der Waals surface area (Å²) in [5.41, 5.74) is 3.19. The predicted octanol–water partition coefficient (Wildman–Crippen LogP) is 5.82. The molecule has 0 saturated carbocycles. The fourth-order valence-electron chi connectivity index (χ4n) is 2.28. The van der Waals surface area contributed by atoms with E-state index >= 15 is 0 Å². The van der Waals surface area contributed by atoms with E-state index in [1.54, 1.807) is 12.1 Å². The second kappa shape index (κ2) is 9.33. The Hall–Kier alpha value is -3.65. The Balaban J connectivity index is 1.81. The van der Waals surface area contributed by atoms with Crippen LogP contribution in [0, 0.1) is 28.9 Å². The highest BCUT2D eigenvalue weighted by molar-refractivity contribution is 7.98. The highest BCUT2D eigenvalue weighted by Gasteiger charge is 2.03. The molecular formula is C22H15N3O2S. The van der Waals surface area contributed by atoms with Gasteiger partial charge < -0.3 is 0 Å². The predicted molar refractivity (Wildman–Crippen MR) is 112 cm³/mol. The molecule has 0 N–H and O–H groups in total. The average Bonchev–Trinajstić information content (AvgIpc) is 2.72. The van der Waals surface area contributed by atoms with Crippen molar-refractivity contribution in [1.29, 1.82) is 0 Å². The maximum absolute atomic E-state index is 10.7. The van der Waals surface area contributed by atoms with E-state index in [1.165, 1.54) is 24.1 Å². The fourth-order valence-corrected chi connectivity index (χ4v) is 2.75. The zero-order chi connectivity index (χ0) is 19.8. The molecule has 0 amide bonds. The van der Waals surface area contributed by atoms with Crippen LogP contribution in [0.2, 0.25) is 0 Å². The monoisotopic (exact) mass is 385 g/mol. The maximum atomic E-state index is 10.7. The van der Waals surface area contributed by atoms with Gasteiger partial charge in [0.25, 0.3) is 5.69 Å². The summed E-state index contributed by atoms with van der Waals surface area (Å²) in [7, 11) is 0. The van der Waals surface area contributed by atoms with Crippen molar-refractivity contribution in [2.75, 3.05) is 0 Å². The van der Waals surface area contributed by atoms with E-state index in [-0.39, 0.29) is 5.69 Å². The van der Waals surface area contributed by atoms with Crippen LogP contribution in [0.3, 0.4) is 0 Å². The zero-order valence-electron chi connectivity index (χ0n) is 15.0. The summed E-state index contributed by atoms with van der Waals surface area (Å²) in [5.74, 6) is 6.09. The Kier molecular flexibility index (Phi) is 6.37. The molecule has 0 aromatic heterocycles. The molecule has 0 aliphatic heterocycles. The first-order valence-corrected chi connectivity index (χ1v) is 9.14. The van der Waals surface area contributed by atoms with Gasteiger partial charge in [-0.15, -0.1) is 4.40 Å². The van der Waals surface area contributed by atoms with Crippen molar-refractivity contribution in [3.63, 3.8) is 0 Å². The van der Waals surface area contributed by atoms with Crippen LogP contribution in [0.5, 0.6) is 0 Å². The van der Waals surface area contributed by atoms with Crippen molar-refractivity contribution >= 4 is 29.3 Å². The standard InChI is InChI=1S/C22H15N3O2S/c1-17-7-14-22(23-16-24-28-21-5-3-2-4-6-21)19(15-17)11-8-18-9-12-20(13-10-18)25(26)27/h2-7,9-10,12-15H,1H3. The summed E-state index contributed by atoms with van der Waals surface area (Å²) < 4.78 is 4.13. The molecule has 0 aliphatic rings. The quantitative estimate of drug-likeness (QED) is 0.187. The van der Waals surface area contributed by atoms with Crippen molar-refractivity contribution in [1.82, 2.24) is 0 Å². The number of nitro groups is 1. The van der Waals surface area contributed by atoms with Crippen LogP contribution in [-0.4, -0.2) is 10.9 Å². The van der Waals surface area contributed by atoms with E-state index in [4.69, 9.17) is 0 Å². The summed E-state index contributed by atoms with van der Waals surface area (Å²) >= 11 is 1.29. The molecular weight excluding hydrogens is 370 g/mol. The summed E-state index contributed by atoms with van der Waals surface area (Å²) in [6, 6.07) is 24.3. The summed E-state index contributed by atoms with van der Waals surface area (Å²) in [6.07, 6.45) is 0. The van der Waals surface area contributed by atoms with Gasteiger partial charge in [0.15, 0.2) is 0 Å².